The lowest BCUT2D eigenvalue weighted by molar-refractivity contribution is 0.537. The Hall–Kier alpha value is -1.32. The van der Waals surface area contributed by atoms with E-state index < -0.39 is 0 Å². The molecule has 0 radical (unpaired) electrons. The predicted octanol–water partition coefficient (Wildman–Crippen LogP) is 1.30. The van der Waals surface area contributed by atoms with E-state index in [4.69, 9.17) is 10.2 Å². The van der Waals surface area contributed by atoms with E-state index in [2.05, 4.69) is 9.98 Å². The molecule has 1 aromatic heterocycles. The highest BCUT2D eigenvalue weighted by atomic mass is 16.4. The minimum atomic E-state index is 0.333. The second-order valence-corrected chi connectivity index (χ2v) is 2.39. The van der Waals surface area contributed by atoms with Gasteiger partial charge in [0.15, 0.2) is 0 Å². The fourth-order valence-corrected chi connectivity index (χ4v) is 0.654. The molecule has 0 aromatic carbocycles. The minimum Gasteiger partial charge on any atom is -0.427 e. The monoisotopic (exact) mass is 153 g/mol. The van der Waals surface area contributed by atoms with E-state index >= 15 is 0 Å². The average molecular weight is 153 g/mol. The minimum absolute atomic E-state index is 0.333. The Morgan fingerprint density at radius 1 is 1.55 bits per heavy atom. The number of nitrogens with zero attached hydrogens (tertiary/aromatic N) is 2. The fourth-order valence-electron chi connectivity index (χ4n) is 0.654. The van der Waals surface area contributed by atoms with Gasteiger partial charge < -0.3 is 10.2 Å². The smallest absolute Gasteiger partial charge is 0.323 e. The topological polar surface area (TPSA) is 64.4 Å². The standard InChI is InChI=1S/C7H11N3O/c1-4-5(2)11-7(9-4)10-6(3)8/h1-3H3,(H2,8,9,10). The number of nitrogens with two attached hydrogens (primary N) is 1. The van der Waals surface area contributed by atoms with Crippen molar-refractivity contribution >= 4 is 11.9 Å². The molecule has 0 unspecified atom stereocenters. The summed E-state index contributed by atoms with van der Waals surface area (Å²) in [5, 5.41) is 0. The second kappa shape index (κ2) is 2.74. The maximum atomic E-state index is 5.33. The zero-order valence-corrected chi connectivity index (χ0v) is 6.88. The number of rotatable bonds is 1. The number of hydrogen-bond donors (Lipinski definition) is 1. The third kappa shape index (κ3) is 1.80. The highest BCUT2D eigenvalue weighted by molar-refractivity contribution is 5.79. The maximum Gasteiger partial charge on any atom is 0.323 e. The molecule has 0 saturated carbocycles. The van der Waals surface area contributed by atoms with Crippen molar-refractivity contribution in [2.24, 2.45) is 10.7 Å². The molecule has 2 N–H and O–H groups in total. The summed E-state index contributed by atoms with van der Waals surface area (Å²) in [7, 11) is 0. The van der Waals surface area contributed by atoms with E-state index in [0.717, 1.165) is 11.5 Å². The van der Waals surface area contributed by atoms with Crippen LogP contribution in [-0.4, -0.2) is 10.8 Å². The van der Waals surface area contributed by atoms with Crippen molar-refractivity contribution in [3.8, 4) is 0 Å². The first-order valence-corrected chi connectivity index (χ1v) is 3.34. The van der Waals surface area contributed by atoms with Crippen LogP contribution in [0.25, 0.3) is 0 Å². The molecule has 0 amide bonds. The molecule has 0 aliphatic carbocycles. The van der Waals surface area contributed by atoms with Gasteiger partial charge in [-0.05, 0) is 20.8 Å². The van der Waals surface area contributed by atoms with E-state index in [9.17, 15) is 0 Å². The molecule has 0 aliphatic rings. The number of amidine groups is 1. The Bertz CT molecular complexity index is 264. The number of aryl methyl sites for hydroxylation is 2. The molecule has 1 heterocycles. The van der Waals surface area contributed by atoms with Crippen molar-refractivity contribution in [1.29, 1.82) is 0 Å². The first-order valence-electron chi connectivity index (χ1n) is 3.34. The molecule has 0 fully saturated rings. The van der Waals surface area contributed by atoms with Gasteiger partial charge in [-0.2, -0.15) is 9.98 Å². The normalized spacial score (nSPS) is 12.1. The van der Waals surface area contributed by atoms with Crippen LogP contribution in [0.2, 0.25) is 0 Å². The van der Waals surface area contributed by atoms with E-state index in [-0.39, 0.29) is 0 Å². The Morgan fingerprint density at radius 2 is 2.18 bits per heavy atom. The van der Waals surface area contributed by atoms with Gasteiger partial charge in [-0.25, -0.2) is 0 Å². The van der Waals surface area contributed by atoms with E-state index in [0.29, 0.717) is 11.9 Å². The molecule has 4 heteroatoms. The molecule has 0 bridgehead atoms. The van der Waals surface area contributed by atoms with Gasteiger partial charge in [0.2, 0.25) is 0 Å². The summed E-state index contributed by atoms with van der Waals surface area (Å²) >= 11 is 0. The van der Waals surface area contributed by atoms with Crippen LogP contribution < -0.4 is 5.73 Å². The summed E-state index contributed by atoms with van der Waals surface area (Å²) in [5.41, 5.74) is 6.19. The molecule has 11 heavy (non-hydrogen) atoms. The van der Waals surface area contributed by atoms with Crippen LogP contribution in [0.1, 0.15) is 18.4 Å². The molecule has 1 aromatic rings. The second-order valence-electron chi connectivity index (χ2n) is 2.39. The zero-order chi connectivity index (χ0) is 8.43. The first kappa shape index (κ1) is 7.78. The van der Waals surface area contributed by atoms with Crippen LogP contribution in [0.4, 0.5) is 6.01 Å². The molecule has 4 nitrogen and oxygen atoms in total. The van der Waals surface area contributed by atoms with Crippen molar-refractivity contribution in [2.45, 2.75) is 20.8 Å². The lowest BCUT2D eigenvalue weighted by Gasteiger charge is -1.84. The van der Waals surface area contributed by atoms with Crippen LogP contribution >= 0.6 is 0 Å². The molecular formula is C7H11N3O. The van der Waals surface area contributed by atoms with Gasteiger partial charge in [0, 0.05) is 0 Å². The van der Waals surface area contributed by atoms with E-state index in [1.54, 1.807) is 6.92 Å². The van der Waals surface area contributed by atoms with Crippen molar-refractivity contribution < 1.29 is 4.42 Å². The lowest BCUT2D eigenvalue weighted by atomic mass is 10.4. The SMILES string of the molecule is C/C(N)=N\c1nc(C)c(C)o1. The number of oxazole rings is 1. The molecule has 0 spiro atoms. The highest BCUT2D eigenvalue weighted by Crippen LogP contribution is 2.15. The van der Waals surface area contributed by atoms with Gasteiger partial charge in [-0.1, -0.05) is 0 Å². The lowest BCUT2D eigenvalue weighted by Crippen LogP contribution is -2.03. The van der Waals surface area contributed by atoms with Crippen molar-refractivity contribution in [3.05, 3.63) is 11.5 Å². The molecular weight excluding hydrogens is 142 g/mol. The van der Waals surface area contributed by atoms with Gasteiger partial charge in [-0.3, -0.25) is 0 Å². The van der Waals surface area contributed by atoms with Crippen LogP contribution in [-0.2, 0) is 0 Å². The summed E-state index contributed by atoms with van der Waals surface area (Å²) in [4.78, 5) is 7.87. The van der Waals surface area contributed by atoms with Crippen LogP contribution in [0.5, 0.6) is 0 Å². The average Bonchev–Trinajstić information content (AvgIpc) is 2.10. The molecule has 60 valence electrons. The summed E-state index contributed by atoms with van der Waals surface area (Å²) < 4.78 is 5.15. The van der Waals surface area contributed by atoms with Crippen molar-refractivity contribution in [1.82, 2.24) is 4.98 Å². The molecule has 0 aliphatic heterocycles. The van der Waals surface area contributed by atoms with Gasteiger partial charge in [-0.15, -0.1) is 0 Å². The quantitative estimate of drug-likeness (QED) is 0.488. The van der Waals surface area contributed by atoms with E-state index in [1.165, 1.54) is 0 Å². The Morgan fingerprint density at radius 3 is 2.55 bits per heavy atom. The molecule has 0 atom stereocenters. The first-order chi connectivity index (χ1) is 5.09. The van der Waals surface area contributed by atoms with E-state index in [1.807, 2.05) is 13.8 Å². The van der Waals surface area contributed by atoms with Gasteiger partial charge in [0.1, 0.15) is 11.6 Å². The summed E-state index contributed by atoms with van der Waals surface area (Å²) in [5.74, 6) is 1.23. The van der Waals surface area contributed by atoms with Gasteiger partial charge in [0.05, 0.1) is 5.69 Å². The summed E-state index contributed by atoms with van der Waals surface area (Å²) in [6.45, 7) is 5.39. The molecule has 1 rings (SSSR count). The van der Waals surface area contributed by atoms with Crippen LogP contribution in [0.3, 0.4) is 0 Å². The van der Waals surface area contributed by atoms with Crippen LogP contribution in [0, 0.1) is 13.8 Å². The number of hydrogen-bond acceptors (Lipinski definition) is 3. The Kier molecular flexibility index (Phi) is 1.94. The highest BCUT2D eigenvalue weighted by Gasteiger charge is 2.02. The third-order valence-corrected chi connectivity index (χ3v) is 1.29. The Balaban J connectivity index is 2.98. The van der Waals surface area contributed by atoms with Gasteiger partial charge >= 0.3 is 6.01 Å². The van der Waals surface area contributed by atoms with Gasteiger partial charge in [0.25, 0.3) is 0 Å². The number of aromatic nitrogens is 1. The maximum absolute atomic E-state index is 5.33. The largest absolute Gasteiger partial charge is 0.427 e. The molecule has 0 saturated heterocycles. The van der Waals surface area contributed by atoms with Crippen molar-refractivity contribution in [2.75, 3.05) is 0 Å². The predicted molar refractivity (Wildman–Crippen MR) is 42.9 cm³/mol. The zero-order valence-electron chi connectivity index (χ0n) is 6.88. The van der Waals surface area contributed by atoms with Crippen LogP contribution in [0.15, 0.2) is 9.41 Å². The third-order valence-electron chi connectivity index (χ3n) is 1.29. The Labute approximate surface area is 65.1 Å². The van der Waals surface area contributed by atoms with Crippen molar-refractivity contribution in [3.63, 3.8) is 0 Å². The summed E-state index contributed by atoms with van der Waals surface area (Å²) in [6, 6.07) is 0.333. The summed E-state index contributed by atoms with van der Waals surface area (Å²) in [6.07, 6.45) is 0. The fraction of sp³-hybridized carbons (Fsp3) is 0.429. The number of aliphatic imine (C=N–C) groups is 1.